The Morgan fingerprint density at radius 1 is 1.08 bits per heavy atom. The first-order chi connectivity index (χ1) is 12.2. The molecule has 1 aromatic carbocycles. The minimum atomic E-state index is -0.821. The van der Waals surface area contributed by atoms with Crippen LogP contribution >= 0.6 is 0 Å². The van der Waals surface area contributed by atoms with Gasteiger partial charge >= 0.3 is 12.0 Å². The second kappa shape index (κ2) is 8.03. The molecule has 0 aliphatic carbocycles. The van der Waals surface area contributed by atoms with Gasteiger partial charge in [0.2, 0.25) is 0 Å². The highest BCUT2D eigenvalue weighted by Crippen LogP contribution is 2.22. The highest BCUT2D eigenvalue weighted by molar-refractivity contribution is 5.74. The van der Waals surface area contributed by atoms with E-state index in [-0.39, 0.29) is 6.03 Å². The van der Waals surface area contributed by atoms with E-state index in [0.29, 0.717) is 25.3 Å². The summed E-state index contributed by atoms with van der Waals surface area (Å²) in [6.07, 6.45) is 0.452. The quantitative estimate of drug-likeness (QED) is 0.705. The minimum absolute atomic E-state index is 0.277. The van der Waals surface area contributed by atoms with Crippen LogP contribution in [0.1, 0.15) is 42.0 Å². The van der Waals surface area contributed by atoms with Crippen molar-refractivity contribution in [2.75, 3.05) is 0 Å². The number of amides is 2. The van der Waals surface area contributed by atoms with Crippen molar-refractivity contribution in [2.45, 2.75) is 47.2 Å². The van der Waals surface area contributed by atoms with Crippen molar-refractivity contribution in [1.82, 2.24) is 15.8 Å². The topological polar surface area (TPSA) is 104 Å². The summed E-state index contributed by atoms with van der Waals surface area (Å²) < 4.78 is 5.06. The van der Waals surface area contributed by atoms with Crippen molar-refractivity contribution in [3.8, 4) is 0 Å². The summed E-state index contributed by atoms with van der Waals surface area (Å²) in [6, 6.07) is 7.29. The monoisotopic (exact) mass is 359 g/mol. The SMILES string of the molecule is Cc1noc(C)c1CNC(=O)NCc1ccc(CC(C)(C)C(=O)O)cc1. The summed E-state index contributed by atoms with van der Waals surface area (Å²) in [5.74, 6) is -0.124. The Hall–Kier alpha value is -2.83. The molecule has 0 spiro atoms. The Balaban J connectivity index is 1.82. The second-order valence-electron chi connectivity index (χ2n) is 7.02. The molecule has 1 aromatic heterocycles. The summed E-state index contributed by atoms with van der Waals surface area (Å²) in [6.45, 7) is 7.79. The molecule has 0 radical (unpaired) electrons. The molecule has 0 unspecified atom stereocenters. The number of aliphatic carboxylic acids is 1. The smallest absolute Gasteiger partial charge is 0.315 e. The van der Waals surface area contributed by atoms with E-state index < -0.39 is 11.4 Å². The van der Waals surface area contributed by atoms with Crippen molar-refractivity contribution in [3.63, 3.8) is 0 Å². The molecule has 7 heteroatoms. The standard InChI is InChI=1S/C19H25N3O4/c1-12-16(13(2)26-22-12)11-21-18(25)20-10-15-7-5-14(6-8-15)9-19(3,4)17(23)24/h5-8H,9-11H2,1-4H3,(H,23,24)(H2,20,21,25). The summed E-state index contributed by atoms with van der Waals surface area (Å²) in [5.41, 5.74) is 2.73. The number of nitrogens with one attached hydrogen (secondary N) is 2. The summed E-state index contributed by atoms with van der Waals surface area (Å²) in [7, 11) is 0. The van der Waals surface area contributed by atoms with Crippen LogP contribution in [0, 0.1) is 19.3 Å². The predicted octanol–water partition coefficient (Wildman–Crippen LogP) is 2.94. The van der Waals surface area contributed by atoms with E-state index in [0.717, 1.165) is 22.4 Å². The van der Waals surface area contributed by atoms with E-state index in [2.05, 4.69) is 15.8 Å². The lowest BCUT2D eigenvalue weighted by Crippen LogP contribution is -2.34. The molecule has 0 atom stereocenters. The van der Waals surface area contributed by atoms with Crippen molar-refractivity contribution < 1.29 is 19.2 Å². The third kappa shape index (κ3) is 5.08. The second-order valence-corrected chi connectivity index (χ2v) is 7.02. The molecule has 7 nitrogen and oxygen atoms in total. The average molecular weight is 359 g/mol. The number of nitrogens with zero attached hydrogens (tertiary/aromatic N) is 1. The summed E-state index contributed by atoms with van der Waals surface area (Å²) in [4.78, 5) is 23.1. The van der Waals surface area contributed by atoms with Crippen LogP contribution in [0.2, 0.25) is 0 Å². The molecule has 140 valence electrons. The molecule has 2 rings (SSSR count). The van der Waals surface area contributed by atoms with Crippen LogP contribution in [0.3, 0.4) is 0 Å². The number of benzene rings is 1. The molecule has 0 bridgehead atoms. The van der Waals surface area contributed by atoms with Crippen LogP contribution in [0.25, 0.3) is 0 Å². The molecule has 0 fully saturated rings. The summed E-state index contributed by atoms with van der Waals surface area (Å²) in [5, 5.41) is 18.6. The largest absolute Gasteiger partial charge is 0.481 e. The van der Waals surface area contributed by atoms with E-state index in [1.165, 1.54) is 0 Å². The number of hydrogen-bond acceptors (Lipinski definition) is 4. The highest BCUT2D eigenvalue weighted by atomic mass is 16.5. The summed E-state index contributed by atoms with van der Waals surface area (Å²) >= 11 is 0. The zero-order valence-corrected chi connectivity index (χ0v) is 15.5. The third-order valence-corrected chi connectivity index (χ3v) is 4.31. The maximum Gasteiger partial charge on any atom is 0.315 e. The lowest BCUT2D eigenvalue weighted by Gasteiger charge is -2.19. The number of aromatic nitrogens is 1. The number of carbonyl (C=O) groups excluding carboxylic acids is 1. The van der Waals surface area contributed by atoms with E-state index in [1.807, 2.05) is 38.1 Å². The van der Waals surface area contributed by atoms with E-state index in [4.69, 9.17) is 4.52 Å². The molecule has 0 saturated carbocycles. The number of aryl methyl sites for hydroxylation is 2. The molecular formula is C19H25N3O4. The first-order valence-electron chi connectivity index (χ1n) is 8.43. The van der Waals surface area contributed by atoms with Crippen LogP contribution in [0.15, 0.2) is 28.8 Å². The average Bonchev–Trinajstić information content (AvgIpc) is 2.90. The van der Waals surface area contributed by atoms with Crippen LogP contribution in [-0.2, 0) is 24.3 Å². The van der Waals surface area contributed by atoms with Crippen LogP contribution in [0.5, 0.6) is 0 Å². The first kappa shape index (κ1) is 19.5. The molecule has 2 aromatic rings. The Bertz CT molecular complexity index is 759. The van der Waals surface area contributed by atoms with Gasteiger partial charge in [-0.25, -0.2) is 4.79 Å². The van der Waals surface area contributed by atoms with Gasteiger partial charge in [0.05, 0.1) is 11.1 Å². The fourth-order valence-corrected chi connectivity index (χ4v) is 2.53. The zero-order valence-electron chi connectivity index (χ0n) is 15.5. The number of rotatable bonds is 7. The maximum atomic E-state index is 11.9. The molecule has 3 N–H and O–H groups in total. The van der Waals surface area contributed by atoms with Gasteiger partial charge in [-0.1, -0.05) is 29.4 Å². The van der Waals surface area contributed by atoms with Crippen molar-refractivity contribution in [2.24, 2.45) is 5.41 Å². The molecule has 0 aliphatic rings. The Labute approximate surface area is 152 Å². The zero-order chi connectivity index (χ0) is 19.3. The molecular weight excluding hydrogens is 334 g/mol. The molecule has 0 aliphatic heterocycles. The number of carboxylic acids is 1. The Kier molecular flexibility index (Phi) is 6.02. The normalized spacial score (nSPS) is 11.2. The van der Waals surface area contributed by atoms with Gasteiger partial charge in [0.25, 0.3) is 0 Å². The fraction of sp³-hybridized carbons (Fsp3) is 0.421. The van der Waals surface area contributed by atoms with E-state index in [1.54, 1.807) is 13.8 Å². The van der Waals surface area contributed by atoms with Crippen molar-refractivity contribution in [1.29, 1.82) is 0 Å². The van der Waals surface area contributed by atoms with E-state index in [9.17, 15) is 14.7 Å². The predicted molar refractivity (Wildman–Crippen MR) is 96.6 cm³/mol. The molecule has 26 heavy (non-hydrogen) atoms. The molecule has 0 saturated heterocycles. The van der Waals surface area contributed by atoms with Crippen LogP contribution in [0.4, 0.5) is 4.79 Å². The van der Waals surface area contributed by atoms with Gasteiger partial charge in [-0.15, -0.1) is 0 Å². The van der Waals surface area contributed by atoms with Gasteiger partial charge in [0.1, 0.15) is 5.76 Å². The lowest BCUT2D eigenvalue weighted by atomic mass is 9.86. The molecule has 1 heterocycles. The third-order valence-electron chi connectivity index (χ3n) is 4.31. The Morgan fingerprint density at radius 2 is 1.65 bits per heavy atom. The molecule has 2 amide bonds. The number of hydrogen-bond donors (Lipinski definition) is 3. The number of urea groups is 1. The van der Waals surface area contributed by atoms with Gasteiger partial charge in [-0.05, 0) is 45.2 Å². The van der Waals surface area contributed by atoms with Crippen LogP contribution in [-0.4, -0.2) is 22.3 Å². The fourth-order valence-electron chi connectivity index (χ4n) is 2.53. The van der Waals surface area contributed by atoms with Gasteiger partial charge in [-0.2, -0.15) is 0 Å². The van der Waals surface area contributed by atoms with Crippen molar-refractivity contribution >= 4 is 12.0 Å². The first-order valence-corrected chi connectivity index (χ1v) is 8.43. The van der Waals surface area contributed by atoms with Crippen molar-refractivity contribution in [3.05, 3.63) is 52.4 Å². The lowest BCUT2D eigenvalue weighted by molar-refractivity contribution is -0.146. The minimum Gasteiger partial charge on any atom is -0.481 e. The maximum absolute atomic E-state index is 11.9. The van der Waals surface area contributed by atoms with Gasteiger partial charge in [-0.3, -0.25) is 4.79 Å². The number of carbonyl (C=O) groups is 2. The Morgan fingerprint density at radius 3 is 2.19 bits per heavy atom. The van der Waals surface area contributed by atoms with E-state index >= 15 is 0 Å². The van der Waals surface area contributed by atoms with Gasteiger partial charge < -0.3 is 20.3 Å². The number of carboxylic acid groups (broad SMARTS) is 1. The van der Waals surface area contributed by atoms with Gasteiger partial charge in [0, 0.05) is 18.7 Å². The van der Waals surface area contributed by atoms with Gasteiger partial charge in [0.15, 0.2) is 0 Å². The van der Waals surface area contributed by atoms with Crippen LogP contribution < -0.4 is 10.6 Å². The highest BCUT2D eigenvalue weighted by Gasteiger charge is 2.27.